The van der Waals surface area contributed by atoms with Crippen LogP contribution < -0.4 is 4.90 Å². The quantitative estimate of drug-likeness (QED) is 0.866. The standard InChI is InChI=1S/C17H22N6/c1-4-21-5-7-22(8-6-21)17-16(12-18)19-23(20-17)15-10-13(2)9-14(3)11-15/h9-11H,4-8H2,1-3H3. The number of nitrogens with zero attached hydrogens (tertiary/aromatic N) is 6. The first-order valence-corrected chi connectivity index (χ1v) is 8.04. The first-order chi connectivity index (χ1) is 11.1. The number of anilines is 1. The van der Waals surface area contributed by atoms with Gasteiger partial charge in [-0.2, -0.15) is 5.26 Å². The zero-order chi connectivity index (χ0) is 16.4. The minimum atomic E-state index is 0.397. The van der Waals surface area contributed by atoms with E-state index in [1.54, 1.807) is 4.80 Å². The van der Waals surface area contributed by atoms with Crippen LogP contribution in [0.1, 0.15) is 23.7 Å². The third kappa shape index (κ3) is 3.20. The van der Waals surface area contributed by atoms with Gasteiger partial charge < -0.3 is 9.80 Å². The van der Waals surface area contributed by atoms with E-state index < -0.39 is 0 Å². The van der Waals surface area contributed by atoms with Gasteiger partial charge in [0.25, 0.3) is 0 Å². The van der Waals surface area contributed by atoms with Gasteiger partial charge in [-0.1, -0.05) is 13.0 Å². The molecule has 0 unspecified atom stereocenters. The number of benzene rings is 1. The molecule has 0 bridgehead atoms. The van der Waals surface area contributed by atoms with Gasteiger partial charge in [-0.25, -0.2) is 0 Å². The molecule has 6 heteroatoms. The molecule has 1 aromatic carbocycles. The summed E-state index contributed by atoms with van der Waals surface area (Å²) < 4.78 is 0. The Labute approximate surface area is 136 Å². The topological polar surface area (TPSA) is 61.0 Å². The molecule has 1 saturated heterocycles. The van der Waals surface area contributed by atoms with Crippen LogP contribution in [0, 0.1) is 25.2 Å². The SMILES string of the molecule is CCN1CCN(c2nn(-c3cc(C)cc(C)c3)nc2C#N)CC1. The molecule has 1 aliphatic heterocycles. The highest BCUT2D eigenvalue weighted by molar-refractivity contribution is 5.51. The van der Waals surface area contributed by atoms with E-state index in [0.29, 0.717) is 11.5 Å². The summed E-state index contributed by atoms with van der Waals surface area (Å²) in [5, 5.41) is 18.4. The van der Waals surface area contributed by atoms with E-state index in [1.165, 1.54) is 0 Å². The van der Waals surface area contributed by atoms with Gasteiger partial charge in [0, 0.05) is 26.2 Å². The van der Waals surface area contributed by atoms with Gasteiger partial charge in [0.1, 0.15) is 6.07 Å². The van der Waals surface area contributed by atoms with E-state index in [9.17, 15) is 5.26 Å². The number of aryl methyl sites for hydroxylation is 2. The Bertz CT molecular complexity index is 714. The van der Waals surface area contributed by atoms with Gasteiger partial charge >= 0.3 is 0 Å². The number of aromatic nitrogens is 3. The van der Waals surface area contributed by atoms with Crippen molar-refractivity contribution in [3.8, 4) is 11.8 Å². The van der Waals surface area contributed by atoms with E-state index in [1.807, 2.05) is 12.1 Å². The molecule has 1 aromatic heterocycles. The zero-order valence-corrected chi connectivity index (χ0v) is 14.0. The Balaban J connectivity index is 1.91. The van der Waals surface area contributed by atoms with Crippen LogP contribution in [-0.4, -0.2) is 52.6 Å². The Morgan fingerprint density at radius 3 is 2.26 bits per heavy atom. The fraction of sp³-hybridized carbons (Fsp3) is 0.471. The normalized spacial score (nSPS) is 15.7. The molecule has 0 amide bonds. The van der Waals surface area contributed by atoms with Gasteiger partial charge in [0.15, 0.2) is 5.82 Å². The predicted molar refractivity (Wildman–Crippen MR) is 89.9 cm³/mol. The third-order valence-electron chi connectivity index (χ3n) is 4.26. The van der Waals surface area contributed by atoms with Crippen molar-refractivity contribution in [2.24, 2.45) is 0 Å². The van der Waals surface area contributed by atoms with Gasteiger partial charge in [-0.15, -0.1) is 15.0 Å². The van der Waals surface area contributed by atoms with Crippen molar-refractivity contribution in [1.29, 1.82) is 5.26 Å². The minimum absolute atomic E-state index is 0.397. The highest BCUT2D eigenvalue weighted by Gasteiger charge is 2.22. The van der Waals surface area contributed by atoms with E-state index in [2.05, 4.69) is 52.9 Å². The molecule has 0 radical (unpaired) electrons. The van der Waals surface area contributed by atoms with E-state index in [0.717, 1.165) is 49.5 Å². The highest BCUT2D eigenvalue weighted by Crippen LogP contribution is 2.20. The largest absolute Gasteiger partial charge is 0.350 e. The van der Waals surface area contributed by atoms with E-state index in [-0.39, 0.29) is 0 Å². The van der Waals surface area contributed by atoms with Crippen molar-refractivity contribution >= 4 is 5.82 Å². The van der Waals surface area contributed by atoms with Crippen molar-refractivity contribution in [2.45, 2.75) is 20.8 Å². The molecule has 3 rings (SSSR count). The second kappa shape index (κ2) is 6.39. The molecule has 1 aliphatic rings. The summed E-state index contributed by atoms with van der Waals surface area (Å²) in [6.07, 6.45) is 0. The molecular weight excluding hydrogens is 288 g/mol. The van der Waals surface area contributed by atoms with Crippen LogP contribution in [0.3, 0.4) is 0 Å². The van der Waals surface area contributed by atoms with Crippen LogP contribution in [0.4, 0.5) is 5.82 Å². The maximum atomic E-state index is 9.41. The Morgan fingerprint density at radius 1 is 1.04 bits per heavy atom. The van der Waals surface area contributed by atoms with Gasteiger partial charge in [-0.3, -0.25) is 0 Å². The summed E-state index contributed by atoms with van der Waals surface area (Å²) in [5.74, 6) is 0.697. The molecule has 0 N–H and O–H groups in total. The van der Waals surface area contributed by atoms with Crippen molar-refractivity contribution in [3.05, 3.63) is 35.0 Å². The lowest BCUT2D eigenvalue weighted by Crippen LogP contribution is -2.46. The van der Waals surface area contributed by atoms with E-state index in [4.69, 9.17) is 0 Å². The first kappa shape index (κ1) is 15.5. The Morgan fingerprint density at radius 2 is 1.70 bits per heavy atom. The molecular formula is C17H22N6. The fourth-order valence-electron chi connectivity index (χ4n) is 3.04. The van der Waals surface area contributed by atoms with Crippen LogP contribution in [0.25, 0.3) is 5.69 Å². The van der Waals surface area contributed by atoms with Crippen molar-refractivity contribution in [1.82, 2.24) is 19.9 Å². The molecule has 2 heterocycles. The summed E-state index contributed by atoms with van der Waals surface area (Å²) in [4.78, 5) is 6.15. The molecule has 0 spiro atoms. The summed E-state index contributed by atoms with van der Waals surface area (Å²) >= 11 is 0. The lowest BCUT2D eigenvalue weighted by Gasteiger charge is -2.33. The molecule has 0 saturated carbocycles. The lowest BCUT2D eigenvalue weighted by molar-refractivity contribution is 0.270. The molecule has 1 fully saturated rings. The summed E-state index contributed by atoms with van der Waals surface area (Å²) in [7, 11) is 0. The highest BCUT2D eigenvalue weighted by atomic mass is 15.5. The van der Waals surface area contributed by atoms with Gasteiger partial charge in [0.05, 0.1) is 5.69 Å². The Hall–Kier alpha value is -2.39. The van der Waals surface area contributed by atoms with Gasteiger partial charge in [0.2, 0.25) is 5.69 Å². The molecule has 6 nitrogen and oxygen atoms in total. The van der Waals surface area contributed by atoms with E-state index >= 15 is 0 Å². The Kier molecular flexibility index (Phi) is 4.30. The molecule has 120 valence electrons. The molecule has 23 heavy (non-hydrogen) atoms. The average Bonchev–Trinajstić information content (AvgIpc) is 2.98. The monoisotopic (exact) mass is 310 g/mol. The molecule has 2 aromatic rings. The summed E-state index contributed by atoms with van der Waals surface area (Å²) in [6.45, 7) is 11.1. The number of rotatable bonds is 3. The summed E-state index contributed by atoms with van der Waals surface area (Å²) in [5.41, 5.74) is 3.62. The molecule has 0 atom stereocenters. The number of piperazine rings is 1. The number of nitriles is 1. The van der Waals surface area contributed by atoms with Crippen LogP contribution in [0.2, 0.25) is 0 Å². The van der Waals surface area contributed by atoms with Crippen LogP contribution in [0.5, 0.6) is 0 Å². The second-order valence-corrected chi connectivity index (χ2v) is 6.04. The average molecular weight is 310 g/mol. The maximum Gasteiger partial charge on any atom is 0.207 e. The van der Waals surface area contributed by atoms with Crippen molar-refractivity contribution in [3.63, 3.8) is 0 Å². The van der Waals surface area contributed by atoms with Crippen molar-refractivity contribution < 1.29 is 0 Å². The summed E-state index contributed by atoms with van der Waals surface area (Å²) in [6, 6.07) is 8.37. The minimum Gasteiger partial charge on any atom is -0.350 e. The second-order valence-electron chi connectivity index (χ2n) is 6.04. The third-order valence-corrected chi connectivity index (χ3v) is 4.26. The van der Waals surface area contributed by atoms with Crippen LogP contribution in [-0.2, 0) is 0 Å². The van der Waals surface area contributed by atoms with Crippen LogP contribution in [0.15, 0.2) is 18.2 Å². The first-order valence-electron chi connectivity index (χ1n) is 8.04. The smallest absolute Gasteiger partial charge is 0.207 e. The van der Waals surface area contributed by atoms with Gasteiger partial charge in [-0.05, 0) is 43.7 Å². The lowest BCUT2D eigenvalue weighted by atomic mass is 10.1. The number of hydrogen-bond donors (Lipinski definition) is 0. The predicted octanol–water partition coefficient (Wildman–Crippen LogP) is 1.90. The maximum absolute atomic E-state index is 9.41. The van der Waals surface area contributed by atoms with Crippen molar-refractivity contribution in [2.75, 3.05) is 37.6 Å². The molecule has 0 aliphatic carbocycles. The number of hydrogen-bond acceptors (Lipinski definition) is 5. The van der Waals surface area contributed by atoms with Crippen LogP contribution >= 0.6 is 0 Å². The fourth-order valence-corrected chi connectivity index (χ4v) is 3.04. The zero-order valence-electron chi connectivity index (χ0n) is 14.0. The number of likely N-dealkylation sites (N-methyl/N-ethyl adjacent to an activating group) is 1.